The Morgan fingerprint density at radius 2 is 1.79 bits per heavy atom. The largest absolute Gasteiger partial charge is 0.363 e. The van der Waals surface area contributed by atoms with Crippen LogP contribution < -0.4 is 9.62 Å². The van der Waals surface area contributed by atoms with E-state index < -0.39 is 27.7 Å². The number of sulfonamides is 1. The Morgan fingerprint density at radius 1 is 1.07 bits per heavy atom. The summed E-state index contributed by atoms with van der Waals surface area (Å²) >= 11 is 0. The van der Waals surface area contributed by atoms with Crippen LogP contribution in [-0.4, -0.2) is 19.9 Å². The summed E-state index contributed by atoms with van der Waals surface area (Å²) in [6, 6.07) is 14.7. The van der Waals surface area contributed by atoms with Gasteiger partial charge in [0, 0.05) is 24.4 Å². The van der Waals surface area contributed by atoms with Gasteiger partial charge >= 0.3 is 0 Å². The summed E-state index contributed by atoms with van der Waals surface area (Å²) < 4.78 is 54.3. The molecule has 1 N–H and O–H groups in total. The van der Waals surface area contributed by atoms with Gasteiger partial charge in [0.1, 0.15) is 22.3 Å². The molecule has 1 atom stereocenters. The van der Waals surface area contributed by atoms with Crippen molar-refractivity contribution in [2.75, 3.05) is 16.2 Å². The number of hydrogen-bond acceptors (Lipinski definition) is 4. The zero-order chi connectivity index (χ0) is 21.0. The number of pyridine rings is 1. The maximum Gasteiger partial charge on any atom is 0.265 e. The quantitative estimate of drug-likeness (QED) is 0.603. The van der Waals surface area contributed by atoms with Gasteiger partial charge in [-0.2, -0.15) is 0 Å². The first kappa shape index (κ1) is 20.7. The van der Waals surface area contributed by atoms with Gasteiger partial charge in [0.15, 0.2) is 0 Å². The van der Waals surface area contributed by atoms with Gasteiger partial charge in [-0.05, 0) is 44.2 Å². The predicted octanol–water partition coefficient (Wildman–Crippen LogP) is 4.75. The van der Waals surface area contributed by atoms with E-state index in [0.717, 1.165) is 6.07 Å². The van der Waals surface area contributed by atoms with Crippen LogP contribution in [0.4, 0.5) is 20.3 Å². The number of benzene rings is 2. The molecular weight excluding hydrogens is 396 g/mol. The molecule has 0 saturated heterocycles. The zero-order valence-corrected chi connectivity index (χ0v) is 16.8. The van der Waals surface area contributed by atoms with E-state index in [4.69, 9.17) is 0 Å². The van der Waals surface area contributed by atoms with Gasteiger partial charge in [-0.1, -0.05) is 24.3 Å². The number of hydrogen-bond donors (Lipinski definition) is 1. The van der Waals surface area contributed by atoms with Crippen LogP contribution in [0, 0.1) is 11.6 Å². The van der Waals surface area contributed by atoms with Crippen LogP contribution in [0.1, 0.15) is 25.5 Å². The highest BCUT2D eigenvalue weighted by Gasteiger charge is 2.24. The topological polar surface area (TPSA) is 62.3 Å². The Balaban J connectivity index is 1.80. The summed E-state index contributed by atoms with van der Waals surface area (Å²) in [5.41, 5.74) is 0.851. The fraction of sp³-hybridized carbons (Fsp3) is 0.190. The average molecular weight is 417 g/mol. The highest BCUT2D eigenvalue weighted by molar-refractivity contribution is 7.92. The smallest absolute Gasteiger partial charge is 0.265 e. The Kier molecular flexibility index (Phi) is 6.12. The van der Waals surface area contributed by atoms with Gasteiger partial charge in [-0.3, -0.25) is 4.31 Å². The molecular formula is C21H21F2N3O2S. The van der Waals surface area contributed by atoms with E-state index in [2.05, 4.69) is 10.3 Å². The third-order valence-electron chi connectivity index (χ3n) is 4.45. The molecule has 0 aliphatic carbocycles. The summed E-state index contributed by atoms with van der Waals surface area (Å²) in [5, 5.41) is 2.99. The predicted molar refractivity (Wildman–Crippen MR) is 109 cm³/mol. The molecule has 0 spiro atoms. The molecule has 0 aliphatic heterocycles. The third kappa shape index (κ3) is 4.54. The molecule has 3 aromatic rings. The first-order valence-corrected chi connectivity index (χ1v) is 10.5. The molecule has 1 heterocycles. The van der Waals surface area contributed by atoms with Crippen molar-refractivity contribution in [3.05, 3.63) is 84.1 Å². The summed E-state index contributed by atoms with van der Waals surface area (Å²) in [6.07, 6.45) is 1.26. The zero-order valence-electron chi connectivity index (χ0n) is 16.0. The van der Waals surface area contributed by atoms with Gasteiger partial charge in [0.2, 0.25) is 0 Å². The number of anilines is 2. The molecule has 0 bridgehead atoms. The minimum atomic E-state index is -3.77. The minimum Gasteiger partial charge on any atom is -0.363 e. The van der Waals surface area contributed by atoms with Crippen molar-refractivity contribution in [2.24, 2.45) is 0 Å². The summed E-state index contributed by atoms with van der Waals surface area (Å²) in [6.45, 7) is 3.73. The lowest BCUT2D eigenvalue weighted by atomic mass is 10.1. The molecule has 152 valence electrons. The van der Waals surface area contributed by atoms with Gasteiger partial charge in [0.05, 0.1) is 11.7 Å². The molecule has 0 amide bonds. The number of para-hydroxylation sites is 1. The van der Waals surface area contributed by atoms with Crippen LogP contribution in [0.2, 0.25) is 0 Å². The third-order valence-corrected chi connectivity index (χ3v) is 6.34. The first-order valence-electron chi connectivity index (χ1n) is 9.08. The highest BCUT2D eigenvalue weighted by Crippen LogP contribution is 2.25. The van der Waals surface area contributed by atoms with E-state index >= 15 is 0 Å². The Labute approximate surface area is 169 Å². The molecule has 29 heavy (non-hydrogen) atoms. The Bertz CT molecular complexity index is 1070. The van der Waals surface area contributed by atoms with E-state index in [9.17, 15) is 17.2 Å². The van der Waals surface area contributed by atoms with Crippen LogP contribution in [-0.2, 0) is 10.0 Å². The van der Waals surface area contributed by atoms with Crippen LogP contribution in [0.15, 0.2) is 71.8 Å². The fourth-order valence-electron chi connectivity index (χ4n) is 2.98. The van der Waals surface area contributed by atoms with Crippen LogP contribution in [0.5, 0.6) is 0 Å². The van der Waals surface area contributed by atoms with Gasteiger partial charge in [-0.25, -0.2) is 22.2 Å². The molecule has 2 aromatic carbocycles. The molecule has 0 saturated carbocycles. The second kappa shape index (κ2) is 8.57. The summed E-state index contributed by atoms with van der Waals surface area (Å²) in [7, 11) is -3.77. The number of aromatic nitrogens is 1. The highest BCUT2D eigenvalue weighted by atomic mass is 32.2. The Morgan fingerprint density at radius 3 is 2.38 bits per heavy atom. The van der Waals surface area contributed by atoms with Crippen LogP contribution >= 0.6 is 0 Å². The normalized spacial score (nSPS) is 12.4. The first-order chi connectivity index (χ1) is 13.8. The van der Waals surface area contributed by atoms with Crippen molar-refractivity contribution < 1.29 is 17.2 Å². The van der Waals surface area contributed by atoms with E-state index in [1.165, 1.54) is 34.8 Å². The van der Waals surface area contributed by atoms with Crippen molar-refractivity contribution >= 4 is 21.5 Å². The second-order valence-electron chi connectivity index (χ2n) is 6.42. The van der Waals surface area contributed by atoms with Crippen LogP contribution in [0.25, 0.3) is 0 Å². The number of nitrogens with one attached hydrogen (secondary N) is 1. The Hall–Kier alpha value is -3.00. The van der Waals surface area contributed by atoms with E-state index in [0.29, 0.717) is 11.5 Å². The maximum atomic E-state index is 13.9. The lowest BCUT2D eigenvalue weighted by Crippen LogP contribution is -2.30. The molecule has 1 aromatic heterocycles. The summed E-state index contributed by atoms with van der Waals surface area (Å²) in [4.78, 5) is 4.20. The standard InChI is InChI=1S/C21H21F2N3O2S/c1-3-26(17-7-5-4-6-8-17)29(27,28)18-10-12-21(24-14-18)25-15(2)19-11-9-16(22)13-20(19)23/h4-15H,3H2,1-2H3,(H,24,25)/t15-/m0/s1. The minimum absolute atomic E-state index is 0.0503. The van der Waals surface area contributed by atoms with E-state index in [-0.39, 0.29) is 17.0 Å². The van der Waals surface area contributed by atoms with Crippen molar-refractivity contribution in [1.29, 1.82) is 0 Å². The molecule has 0 aliphatic rings. The van der Waals surface area contributed by atoms with Crippen molar-refractivity contribution in [3.8, 4) is 0 Å². The monoisotopic (exact) mass is 417 g/mol. The molecule has 5 nitrogen and oxygen atoms in total. The number of halogens is 2. The van der Waals surface area contributed by atoms with Crippen molar-refractivity contribution in [2.45, 2.75) is 24.8 Å². The molecule has 8 heteroatoms. The lowest BCUT2D eigenvalue weighted by Gasteiger charge is -2.23. The average Bonchev–Trinajstić information content (AvgIpc) is 2.69. The SMILES string of the molecule is CCN(c1ccccc1)S(=O)(=O)c1ccc(N[C@@H](C)c2ccc(F)cc2F)nc1. The maximum absolute atomic E-state index is 13.9. The summed E-state index contributed by atoms with van der Waals surface area (Å²) in [5.74, 6) is -0.932. The lowest BCUT2D eigenvalue weighted by molar-refractivity contribution is 0.566. The van der Waals surface area contributed by atoms with Gasteiger partial charge in [-0.15, -0.1) is 0 Å². The number of rotatable bonds is 7. The second-order valence-corrected chi connectivity index (χ2v) is 8.28. The fourth-order valence-corrected chi connectivity index (χ4v) is 4.40. The van der Waals surface area contributed by atoms with E-state index in [1.54, 1.807) is 38.1 Å². The molecule has 0 radical (unpaired) electrons. The molecule has 0 unspecified atom stereocenters. The molecule has 0 fully saturated rings. The molecule has 3 rings (SSSR count). The van der Waals surface area contributed by atoms with Crippen LogP contribution in [0.3, 0.4) is 0 Å². The van der Waals surface area contributed by atoms with Gasteiger partial charge < -0.3 is 5.32 Å². The van der Waals surface area contributed by atoms with Gasteiger partial charge in [0.25, 0.3) is 10.0 Å². The number of nitrogens with zero attached hydrogens (tertiary/aromatic N) is 2. The van der Waals surface area contributed by atoms with Crippen molar-refractivity contribution in [3.63, 3.8) is 0 Å². The van der Waals surface area contributed by atoms with E-state index in [1.807, 2.05) is 6.07 Å². The van der Waals surface area contributed by atoms with Crippen molar-refractivity contribution in [1.82, 2.24) is 4.98 Å².